The van der Waals surface area contributed by atoms with E-state index in [4.69, 9.17) is 16.1 Å². The Bertz CT molecular complexity index is 698. The van der Waals surface area contributed by atoms with Gasteiger partial charge >= 0.3 is 7.52 Å². The van der Waals surface area contributed by atoms with Crippen molar-refractivity contribution in [3.05, 3.63) is 58.6 Å². The Kier molecular flexibility index (Phi) is 5.20. The van der Waals surface area contributed by atoms with Crippen LogP contribution >= 0.6 is 19.1 Å². The number of rotatable bonds is 5. The van der Waals surface area contributed by atoms with Gasteiger partial charge in [-0.1, -0.05) is 43.6 Å². The smallest absolute Gasteiger partial charge is 0.338 e. The van der Waals surface area contributed by atoms with Gasteiger partial charge in [0.05, 0.1) is 0 Å². The summed E-state index contributed by atoms with van der Waals surface area (Å²) in [7, 11) is -3.03. The topological polar surface area (TPSA) is 38.3 Å². The van der Waals surface area contributed by atoms with Crippen LogP contribution in [0.1, 0.15) is 30.9 Å². The summed E-state index contributed by atoms with van der Waals surface area (Å²) in [5.41, 5.74) is 2.79. The molecule has 5 heteroatoms. The lowest BCUT2D eigenvalue weighted by Gasteiger charge is -2.19. The molecule has 0 radical (unpaired) electrons. The molecule has 118 valence electrons. The lowest BCUT2D eigenvalue weighted by molar-refractivity contribution is 0.493. The van der Waals surface area contributed by atoms with E-state index >= 15 is 0 Å². The van der Waals surface area contributed by atoms with Crippen molar-refractivity contribution < 1.29 is 9.09 Å². The first-order valence-electron chi connectivity index (χ1n) is 7.19. The molecule has 2 aromatic carbocycles. The van der Waals surface area contributed by atoms with Gasteiger partial charge in [-0.15, -0.1) is 0 Å². The number of nitrogens with one attached hydrogen (secondary N) is 1. The first-order chi connectivity index (χ1) is 10.3. The molecule has 0 amide bonds. The predicted molar refractivity (Wildman–Crippen MR) is 94.5 cm³/mol. The van der Waals surface area contributed by atoms with Crippen LogP contribution in [0, 0.1) is 6.92 Å². The Hall–Kier alpha value is -1.44. The highest BCUT2D eigenvalue weighted by atomic mass is 35.5. The SMILES string of the molecule is Cc1c(Cl)cccc1N[P@@](C)(=O)Oc1ccc(C(C)C)cc1. The van der Waals surface area contributed by atoms with E-state index in [0.29, 0.717) is 16.7 Å². The minimum atomic E-state index is -3.03. The van der Waals surface area contributed by atoms with Crippen LogP contribution in [0.4, 0.5) is 5.69 Å². The third kappa shape index (κ3) is 4.28. The molecule has 0 spiro atoms. The van der Waals surface area contributed by atoms with Crippen molar-refractivity contribution >= 4 is 24.8 Å². The lowest BCUT2D eigenvalue weighted by atomic mass is 10.0. The Labute approximate surface area is 137 Å². The van der Waals surface area contributed by atoms with Crippen molar-refractivity contribution in [2.75, 3.05) is 11.8 Å². The summed E-state index contributed by atoms with van der Waals surface area (Å²) in [4.78, 5) is 0. The molecular formula is C17H21ClNO2P. The number of anilines is 1. The van der Waals surface area contributed by atoms with Gasteiger partial charge in [-0.25, -0.2) is 0 Å². The molecule has 0 unspecified atom stereocenters. The maximum absolute atomic E-state index is 12.7. The molecule has 0 aliphatic heterocycles. The number of hydrogen-bond donors (Lipinski definition) is 1. The molecule has 0 bridgehead atoms. The fourth-order valence-corrected chi connectivity index (χ4v) is 3.51. The minimum Gasteiger partial charge on any atom is -0.429 e. The van der Waals surface area contributed by atoms with Crippen LogP contribution in [0.3, 0.4) is 0 Å². The highest BCUT2D eigenvalue weighted by Gasteiger charge is 2.19. The van der Waals surface area contributed by atoms with Crippen molar-refractivity contribution in [2.45, 2.75) is 26.7 Å². The van der Waals surface area contributed by atoms with Crippen LogP contribution in [0.25, 0.3) is 0 Å². The van der Waals surface area contributed by atoms with Crippen LogP contribution in [-0.4, -0.2) is 6.66 Å². The van der Waals surface area contributed by atoms with Crippen LogP contribution in [0.2, 0.25) is 5.02 Å². The van der Waals surface area contributed by atoms with Crippen LogP contribution in [0.15, 0.2) is 42.5 Å². The second-order valence-corrected chi connectivity index (χ2v) is 8.19. The summed E-state index contributed by atoms with van der Waals surface area (Å²) >= 11 is 6.08. The Morgan fingerprint density at radius 3 is 2.36 bits per heavy atom. The third-order valence-corrected chi connectivity index (χ3v) is 5.03. The second-order valence-electron chi connectivity index (χ2n) is 5.69. The summed E-state index contributed by atoms with van der Waals surface area (Å²) in [5, 5.41) is 3.59. The second kappa shape index (κ2) is 6.76. The van der Waals surface area contributed by atoms with E-state index in [1.807, 2.05) is 43.3 Å². The quantitative estimate of drug-likeness (QED) is 0.671. The predicted octanol–water partition coefficient (Wildman–Crippen LogP) is 6.09. The Morgan fingerprint density at radius 2 is 1.77 bits per heavy atom. The van der Waals surface area contributed by atoms with E-state index < -0.39 is 7.52 Å². The molecule has 0 aliphatic rings. The van der Waals surface area contributed by atoms with Gasteiger partial charge in [-0.2, -0.15) is 0 Å². The fraction of sp³-hybridized carbons (Fsp3) is 0.294. The van der Waals surface area contributed by atoms with Crippen molar-refractivity contribution in [3.8, 4) is 5.75 Å². The zero-order valence-corrected chi connectivity index (χ0v) is 14.9. The van der Waals surface area contributed by atoms with Crippen molar-refractivity contribution in [1.82, 2.24) is 0 Å². The molecule has 2 rings (SSSR count). The van der Waals surface area contributed by atoms with Gasteiger partial charge in [0.15, 0.2) is 0 Å². The molecule has 0 saturated carbocycles. The monoisotopic (exact) mass is 337 g/mol. The summed E-state index contributed by atoms with van der Waals surface area (Å²) in [6.45, 7) is 7.69. The molecule has 0 saturated heterocycles. The van der Waals surface area contributed by atoms with E-state index in [1.165, 1.54) is 5.56 Å². The summed E-state index contributed by atoms with van der Waals surface area (Å²) < 4.78 is 18.3. The van der Waals surface area contributed by atoms with Gasteiger partial charge < -0.3 is 9.61 Å². The fourth-order valence-electron chi connectivity index (χ4n) is 2.08. The van der Waals surface area contributed by atoms with Gasteiger partial charge in [0.2, 0.25) is 0 Å². The molecule has 3 nitrogen and oxygen atoms in total. The molecular weight excluding hydrogens is 317 g/mol. The van der Waals surface area contributed by atoms with E-state index in [2.05, 4.69) is 18.9 Å². The number of halogens is 1. The summed E-state index contributed by atoms with van der Waals surface area (Å²) in [6.07, 6.45) is 0. The van der Waals surface area contributed by atoms with Gasteiger partial charge in [0.1, 0.15) is 5.75 Å². The lowest BCUT2D eigenvalue weighted by Crippen LogP contribution is -2.03. The van der Waals surface area contributed by atoms with Crippen LogP contribution in [-0.2, 0) is 4.57 Å². The number of benzene rings is 2. The van der Waals surface area contributed by atoms with E-state index in [1.54, 1.807) is 12.7 Å². The van der Waals surface area contributed by atoms with Gasteiger partial charge in [0, 0.05) is 17.4 Å². The van der Waals surface area contributed by atoms with Crippen LogP contribution < -0.4 is 9.61 Å². The van der Waals surface area contributed by atoms with E-state index in [9.17, 15) is 4.57 Å². The molecule has 0 heterocycles. The molecule has 22 heavy (non-hydrogen) atoms. The van der Waals surface area contributed by atoms with E-state index in [0.717, 1.165) is 11.3 Å². The molecule has 1 atom stereocenters. The first-order valence-corrected chi connectivity index (χ1v) is 9.64. The number of hydrogen-bond acceptors (Lipinski definition) is 2. The van der Waals surface area contributed by atoms with Crippen molar-refractivity contribution in [1.29, 1.82) is 0 Å². The maximum Gasteiger partial charge on any atom is 0.338 e. The summed E-state index contributed by atoms with van der Waals surface area (Å²) in [6, 6.07) is 13.1. The normalized spacial score (nSPS) is 13.7. The third-order valence-electron chi connectivity index (χ3n) is 3.42. The average Bonchev–Trinajstić information content (AvgIpc) is 2.44. The maximum atomic E-state index is 12.7. The van der Waals surface area contributed by atoms with Gasteiger partial charge in [0.25, 0.3) is 0 Å². The molecule has 1 N–H and O–H groups in total. The Balaban J connectivity index is 2.13. The zero-order chi connectivity index (χ0) is 16.3. The standard InChI is InChI=1S/C17H21ClNO2P/c1-12(2)14-8-10-15(11-9-14)21-22(4,20)19-17-7-5-6-16(18)13(17)3/h5-12H,1-4H3,(H,19,20)/t22-/m0/s1. The largest absolute Gasteiger partial charge is 0.429 e. The Morgan fingerprint density at radius 1 is 1.14 bits per heavy atom. The highest BCUT2D eigenvalue weighted by Crippen LogP contribution is 2.44. The van der Waals surface area contributed by atoms with Gasteiger partial charge in [-0.3, -0.25) is 4.57 Å². The van der Waals surface area contributed by atoms with Gasteiger partial charge in [-0.05, 0) is 48.2 Å². The molecule has 0 aliphatic carbocycles. The average molecular weight is 338 g/mol. The minimum absolute atomic E-state index is 0.453. The van der Waals surface area contributed by atoms with Crippen molar-refractivity contribution in [3.63, 3.8) is 0 Å². The highest BCUT2D eigenvalue weighted by molar-refractivity contribution is 7.60. The van der Waals surface area contributed by atoms with Crippen molar-refractivity contribution in [2.24, 2.45) is 0 Å². The molecule has 0 fully saturated rings. The summed E-state index contributed by atoms with van der Waals surface area (Å²) in [5.74, 6) is 1.04. The zero-order valence-electron chi connectivity index (χ0n) is 13.3. The van der Waals surface area contributed by atoms with E-state index in [-0.39, 0.29) is 0 Å². The molecule has 2 aromatic rings. The first kappa shape index (κ1) is 16.9. The molecule has 0 aromatic heterocycles. The van der Waals surface area contributed by atoms with Crippen LogP contribution in [0.5, 0.6) is 5.75 Å².